The molecule has 0 aromatic carbocycles. The summed E-state index contributed by atoms with van der Waals surface area (Å²) in [6.45, 7) is 11.7. The maximum absolute atomic E-state index is 4.56. The number of H-pyrrole nitrogens is 2. The normalized spacial score (nSPS) is 12.2. The maximum Gasteiger partial charge on any atom is 0.116 e. The SMILES string of the molecule is C=CN=C(c1cccnc1)c1cc(-c2n[nH]c3cnc(/C(C)=C/N=C(C)C)cc23)[nH]c1C. The van der Waals surface area contributed by atoms with Crippen molar-refractivity contribution >= 4 is 27.9 Å². The topological polar surface area (TPSA) is 95.0 Å². The molecule has 0 aliphatic heterocycles. The fourth-order valence-electron chi connectivity index (χ4n) is 3.45. The van der Waals surface area contributed by atoms with Gasteiger partial charge in [0, 0.05) is 52.7 Å². The Morgan fingerprint density at radius 3 is 2.69 bits per heavy atom. The van der Waals surface area contributed by atoms with Gasteiger partial charge in [0.1, 0.15) is 5.69 Å². The number of pyridine rings is 2. The molecule has 0 saturated carbocycles. The Hall–Kier alpha value is -4.13. The lowest BCUT2D eigenvalue weighted by Gasteiger charge is -2.04. The highest BCUT2D eigenvalue weighted by molar-refractivity contribution is 6.14. The second kappa shape index (κ2) is 8.93. The predicted octanol–water partition coefficient (Wildman–Crippen LogP) is 5.48. The van der Waals surface area contributed by atoms with Crippen molar-refractivity contribution in [2.75, 3.05) is 0 Å². The number of aryl methyl sites for hydroxylation is 1. The fraction of sp³-hybridized carbons (Fsp3) is 0.160. The van der Waals surface area contributed by atoms with Crippen molar-refractivity contribution < 1.29 is 0 Å². The van der Waals surface area contributed by atoms with E-state index in [1.165, 1.54) is 0 Å². The van der Waals surface area contributed by atoms with E-state index in [1.54, 1.807) is 24.8 Å². The number of nitrogens with zero attached hydrogens (tertiary/aromatic N) is 5. The average molecular weight is 424 g/mol. The van der Waals surface area contributed by atoms with E-state index in [2.05, 4.69) is 47.8 Å². The third kappa shape index (κ3) is 4.18. The van der Waals surface area contributed by atoms with E-state index in [0.717, 1.165) is 61.8 Å². The van der Waals surface area contributed by atoms with Crippen LogP contribution in [0.1, 0.15) is 43.3 Å². The Balaban J connectivity index is 1.80. The second-order valence-corrected chi connectivity index (χ2v) is 7.70. The number of aliphatic imine (C=N–C) groups is 2. The van der Waals surface area contributed by atoms with E-state index in [-0.39, 0.29) is 0 Å². The summed E-state index contributed by atoms with van der Waals surface area (Å²) in [7, 11) is 0. The summed E-state index contributed by atoms with van der Waals surface area (Å²) in [4.78, 5) is 21.1. The van der Waals surface area contributed by atoms with Crippen LogP contribution in [0.4, 0.5) is 0 Å². The molecule has 4 heterocycles. The third-order valence-electron chi connectivity index (χ3n) is 5.05. The van der Waals surface area contributed by atoms with Crippen LogP contribution >= 0.6 is 0 Å². The number of aromatic nitrogens is 5. The van der Waals surface area contributed by atoms with E-state index in [1.807, 2.05) is 52.1 Å². The first-order valence-corrected chi connectivity index (χ1v) is 10.3. The molecule has 7 heteroatoms. The van der Waals surface area contributed by atoms with E-state index in [9.17, 15) is 0 Å². The summed E-state index contributed by atoms with van der Waals surface area (Å²) in [6, 6.07) is 7.98. The van der Waals surface area contributed by atoms with Gasteiger partial charge in [0.15, 0.2) is 0 Å². The van der Waals surface area contributed by atoms with E-state index >= 15 is 0 Å². The third-order valence-corrected chi connectivity index (χ3v) is 5.05. The van der Waals surface area contributed by atoms with E-state index in [0.29, 0.717) is 0 Å². The van der Waals surface area contributed by atoms with Gasteiger partial charge in [0.25, 0.3) is 0 Å². The van der Waals surface area contributed by atoms with Gasteiger partial charge >= 0.3 is 0 Å². The molecular weight excluding hydrogens is 398 g/mol. The van der Waals surface area contributed by atoms with Crippen LogP contribution in [0.5, 0.6) is 0 Å². The molecule has 32 heavy (non-hydrogen) atoms. The Kier molecular flexibility index (Phi) is 5.89. The molecule has 4 aromatic rings. The summed E-state index contributed by atoms with van der Waals surface area (Å²) in [6.07, 6.45) is 8.73. The van der Waals surface area contributed by atoms with E-state index < -0.39 is 0 Å². The van der Waals surface area contributed by atoms with Crippen molar-refractivity contribution in [3.63, 3.8) is 0 Å². The minimum Gasteiger partial charge on any atom is -0.357 e. The van der Waals surface area contributed by atoms with Gasteiger partial charge in [0.2, 0.25) is 0 Å². The summed E-state index contributed by atoms with van der Waals surface area (Å²) >= 11 is 0. The van der Waals surface area contributed by atoms with Crippen LogP contribution in [0, 0.1) is 6.92 Å². The average Bonchev–Trinajstić information content (AvgIpc) is 3.39. The largest absolute Gasteiger partial charge is 0.357 e. The standard InChI is InChI=1S/C25H25N7/c1-6-27-24(18-8-7-9-26-13-18)19-10-22(30-17(19)5)25-20-11-21(16(4)12-28-15(2)3)29-14-23(20)31-32-25/h6-14,30H,1H2,2-5H3,(H,31,32)/b16-12+,27-24?. The molecule has 0 saturated heterocycles. The summed E-state index contributed by atoms with van der Waals surface area (Å²) in [5.41, 5.74) is 9.12. The Labute approximate surface area is 186 Å². The molecule has 0 radical (unpaired) electrons. The molecule has 160 valence electrons. The zero-order chi connectivity index (χ0) is 22.7. The molecule has 0 bridgehead atoms. The second-order valence-electron chi connectivity index (χ2n) is 7.70. The molecule has 4 aromatic heterocycles. The summed E-state index contributed by atoms with van der Waals surface area (Å²) in [5.74, 6) is 0. The summed E-state index contributed by atoms with van der Waals surface area (Å²) in [5, 5.41) is 8.62. The number of allylic oxidation sites excluding steroid dienone is 1. The quantitative estimate of drug-likeness (QED) is 0.402. The highest BCUT2D eigenvalue weighted by Crippen LogP contribution is 2.29. The smallest absolute Gasteiger partial charge is 0.116 e. The van der Waals surface area contributed by atoms with Crippen LogP contribution in [-0.2, 0) is 0 Å². The van der Waals surface area contributed by atoms with Crippen molar-refractivity contribution in [3.8, 4) is 11.4 Å². The molecular formula is C25H25N7. The molecule has 0 unspecified atom stereocenters. The van der Waals surface area contributed by atoms with Gasteiger partial charge in [-0.25, -0.2) is 0 Å². The van der Waals surface area contributed by atoms with Crippen LogP contribution in [0.3, 0.4) is 0 Å². The Morgan fingerprint density at radius 2 is 1.97 bits per heavy atom. The van der Waals surface area contributed by atoms with Gasteiger partial charge < -0.3 is 4.98 Å². The highest BCUT2D eigenvalue weighted by atomic mass is 15.1. The van der Waals surface area contributed by atoms with Gasteiger partial charge in [-0.15, -0.1) is 0 Å². The zero-order valence-corrected chi connectivity index (χ0v) is 18.6. The van der Waals surface area contributed by atoms with Crippen LogP contribution < -0.4 is 0 Å². The highest BCUT2D eigenvalue weighted by Gasteiger charge is 2.17. The van der Waals surface area contributed by atoms with Gasteiger partial charge in [-0.3, -0.25) is 25.1 Å². The molecule has 0 atom stereocenters. The van der Waals surface area contributed by atoms with Crippen molar-refractivity contribution in [1.29, 1.82) is 0 Å². The van der Waals surface area contributed by atoms with Crippen LogP contribution in [0.2, 0.25) is 0 Å². The predicted molar refractivity (Wildman–Crippen MR) is 131 cm³/mol. The number of hydrogen-bond donors (Lipinski definition) is 2. The zero-order valence-electron chi connectivity index (χ0n) is 18.6. The van der Waals surface area contributed by atoms with Crippen molar-refractivity contribution in [2.45, 2.75) is 27.7 Å². The van der Waals surface area contributed by atoms with E-state index in [4.69, 9.17) is 0 Å². The molecule has 0 fully saturated rings. The number of fused-ring (bicyclic) bond motifs is 1. The number of hydrogen-bond acceptors (Lipinski definition) is 5. The molecule has 2 N–H and O–H groups in total. The maximum atomic E-state index is 4.56. The molecule has 0 aliphatic carbocycles. The van der Waals surface area contributed by atoms with Crippen LogP contribution in [0.15, 0.2) is 71.8 Å². The molecule has 0 amide bonds. The minimum absolute atomic E-state index is 0.807. The van der Waals surface area contributed by atoms with Gasteiger partial charge in [0.05, 0.1) is 28.8 Å². The van der Waals surface area contributed by atoms with Gasteiger partial charge in [-0.05, 0) is 57.5 Å². The van der Waals surface area contributed by atoms with Gasteiger partial charge in [-0.2, -0.15) is 5.10 Å². The lowest BCUT2D eigenvalue weighted by atomic mass is 10.0. The molecule has 0 spiro atoms. The first kappa shape index (κ1) is 21.1. The molecule has 7 nitrogen and oxygen atoms in total. The fourth-order valence-corrected chi connectivity index (χ4v) is 3.45. The van der Waals surface area contributed by atoms with Crippen LogP contribution in [-0.4, -0.2) is 36.6 Å². The molecule has 0 aliphatic rings. The van der Waals surface area contributed by atoms with Gasteiger partial charge in [-0.1, -0.05) is 6.58 Å². The first-order chi connectivity index (χ1) is 15.5. The number of rotatable bonds is 6. The minimum atomic E-state index is 0.807. The molecule has 4 rings (SSSR count). The van der Waals surface area contributed by atoms with Crippen molar-refractivity contribution in [2.24, 2.45) is 9.98 Å². The first-order valence-electron chi connectivity index (χ1n) is 10.3. The number of nitrogens with one attached hydrogen (secondary N) is 2. The lowest BCUT2D eigenvalue weighted by molar-refractivity contribution is 1.11. The summed E-state index contributed by atoms with van der Waals surface area (Å²) < 4.78 is 0. The van der Waals surface area contributed by atoms with Crippen molar-refractivity contribution in [1.82, 2.24) is 25.1 Å². The number of aromatic amines is 2. The van der Waals surface area contributed by atoms with Crippen molar-refractivity contribution in [3.05, 3.63) is 84.3 Å². The monoisotopic (exact) mass is 423 g/mol. The Bertz CT molecular complexity index is 1360. The Morgan fingerprint density at radius 1 is 1.12 bits per heavy atom. The van der Waals surface area contributed by atoms with Crippen LogP contribution in [0.25, 0.3) is 27.9 Å². The lowest BCUT2D eigenvalue weighted by Crippen LogP contribution is -2.03.